The van der Waals surface area contributed by atoms with Gasteiger partial charge < -0.3 is 58.1 Å². The highest BCUT2D eigenvalue weighted by atomic mass is 79.9. The zero-order valence-corrected chi connectivity index (χ0v) is 85.6. The fourth-order valence-corrected chi connectivity index (χ4v) is 20.8. The first-order chi connectivity index (χ1) is 69.0. The number of amides is 5. The Balaban J connectivity index is 0.000000123. The number of nitrogens with zero attached hydrogens (tertiary/aromatic N) is 7. The van der Waals surface area contributed by atoms with Crippen LogP contribution in [0.5, 0.6) is 17.2 Å². The van der Waals surface area contributed by atoms with Crippen molar-refractivity contribution in [3.05, 3.63) is 376 Å². The second kappa shape index (κ2) is 44.4. The monoisotopic (exact) mass is 2150 g/mol. The van der Waals surface area contributed by atoms with Crippen molar-refractivity contribution in [1.82, 2.24) is 49.4 Å². The van der Waals surface area contributed by atoms with Gasteiger partial charge in [-0.15, -0.1) is 11.6 Å². The van der Waals surface area contributed by atoms with Gasteiger partial charge in [-0.25, -0.2) is 24.0 Å². The minimum absolute atomic E-state index is 0.00418. The molecule has 143 heavy (non-hydrogen) atoms. The predicted molar refractivity (Wildman–Crippen MR) is 562 cm³/mol. The molecule has 10 heterocycles. The van der Waals surface area contributed by atoms with Crippen molar-refractivity contribution >= 4 is 186 Å². The molecule has 21 rings (SSSR count). The number of rotatable bonds is 15. The fourth-order valence-electron chi connectivity index (χ4n) is 19.4. The van der Waals surface area contributed by atoms with Crippen molar-refractivity contribution in [2.24, 2.45) is 0 Å². The number of nitrogens with one attached hydrogen (secondary N) is 5. The molecule has 5 N–H and O–H groups in total. The summed E-state index contributed by atoms with van der Waals surface area (Å²) in [7, 11) is 3.28. The number of ether oxygens (including phenoxy) is 7. The normalized spacial score (nSPS) is 16.1. The average molecular weight is 2160 g/mol. The molecule has 5 aliphatic rings. The number of carbonyl (C=O) groups is 5. The molecule has 5 atom stereocenters. The second-order valence-corrected chi connectivity index (χ2v) is 39.1. The van der Waals surface area contributed by atoms with Crippen LogP contribution in [0.1, 0.15) is 149 Å². The van der Waals surface area contributed by atoms with E-state index >= 15 is 0 Å². The van der Waals surface area contributed by atoms with E-state index in [2.05, 4.69) is 62.8 Å². The number of H-pyrrole nitrogens is 5. The molecule has 0 saturated heterocycles. The molecule has 35 heteroatoms. The van der Waals surface area contributed by atoms with Crippen LogP contribution in [0.15, 0.2) is 252 Å². The lowest BCUT2D eigenvalue weighted by molar-refractivity contribution is -0.385. The second-order valence-electron chi connectivity index (χ2n) is 35.1. The molecular formula is C108H99Br2Cl5N12O16. The van der Waals surface area contributed by atoms with Crippen molar-refractivity contribution in [1.29, 1.82) is 0 Å². The van der Waals surface area contributed by atoms with E-state index in [1.54, 1.807) is 95.9 Å². The number of para-hydroxylation sites is 1. The first-order valence-electron chi connectivity index (χ1n) is 46.5. The molecule has 0 saturated carbocycles. The van der Waals surface area contributed by atoms with Crippen LogP contribution in [0.25, 0.3) is 54.5 Å². The van der Waals surface area contributed by atoms with E-state index in [4.69, 9.17) is 91.2 Å². The SMILES string of the molecule is CC(C)OC(=O)N1CCc2c([nH]c3ccc(Cl)cc23)C1c1ccc([N+](=O)[O-])cc1.CCOC(=O)N1CCc2c([nH]c3ccc(Br)cc23)C1c1ccc([N+](=O)[O-])cc1.COc1ccc(C2c3[nH]c4ccc(Cl)cc4c3CCN2C(=O)OC(C)C)cc1.COc1ccc(C2c3[nH]c4ccc(Cl)cc4c3CCN2C(=O)Oc2ccccc2)cc1.O=C(OCCCl)N1CCc2c([nH]c3ccc(Cl)cc23)C1c1ccc(Br)cc1. The van der Waals surface area contributed by atoms with E-state index < -0.39 is 34.1 Å². The molecule has 736 valence electrons. The molecular weight excluding hydrogens is 2060 g/mol. The van der Waals surface area contributed by atoms with E-state index in [0.29, 0.717) is 77.8 Å². The maximum absolute atomic E-state index is 13.2. The van der Waals surface area contributed by atoms with Gasteiger partial charge in [0.2, 0.25) is 0 Å². The third-order valence-corrected chi connectivity index (χ3v) is 27.8. The Morgan fingerprint density at radius 1 is 0.364 bits per heavy atom. The maximum atomic E-state index is 13.2. The molecule has 11 aromatic carbocycles. The molecule has 0 aliphatic carbocycles. The Kier molecular flexibility index (Phi) is 31.3. The highest BCUT2D eigenvalue weighted by Crippen LogP contribution is 2.48. The van der Waals surface area contributed by atoms with Crippen LogP contribution < -0.4 is 14.2 Å². The number of nitro groups is 2. The number of aromatic nitrogens is 5. The zero-order valence-electron chi connectivity index (χ0n) is 78.6. The topological polar surface area (TPSA) is 331 Å². The number of aromatic amines is 5. The number of halogens is 7. The van der Waals surface area contributed by atoms with Gasteiger partial charge in [0, 0.05) is 169 Å². The number of methoxy groups -OCH3 is 2. The standard InChI is InChI=1S/C25H21ClN2O3.C22H23ClN2O3.C21H20ClN3O4.C20H17BrCl2N2O2.C20H18BrN3O4/c1-30-18-10-7-16(8-11-18)24-23-20(21-15-17(26)9-12-22(21)27-23)13-14-28(24)25(29)31-19-5-3-2-4-6-19;1-13(2)28-22(26)25-11-10-17-18-12-15(23)6-9-19(18)24-20(17)21(25)14-4-7-16(27-3)8-5-14;1-12(2)29-21(26)24-10-9-16-17-11-14(22)5-8-18(17)23-19(16)20(24)13-3-6-15(7-4-13)25(27)28;21-13-3-1-12(2-4-13)19-18-15(7-9-25(19)20(26)27-10-8-22)16-11-14(23)5-6-17(16)24-18;1-2-28-20(25)23-10-9-15-16-11-13(21)5-8-17(16)22-18(15)19(23)12-3-6-14(7-4-12)24(26)27/h2-12,15,24,27H,13-14H2,1H3;4-9,12-13,21,24H,10-11H2,1-3H3;3-8,11-12,20,23H,9-10H2,1-2H3;1-6,11,19,24H,7-10H2;3-8,11,19,22H,2,9-10H2,1H3. The molecule has 0 spiro atoms. The summed E-state index contributed by atoms with van der Waals surface area (Å²) in [6.45, 7) is 12.2. The van der Waals surface area contributed by atoms with Crippen LogP contribution in [0.2, 0.25) is 20.1 Å². The lowest BCUT2D eigenvalue weighted by Gasteiger charge is -2.35. The number of carbonyl (C=O) groups excluding carboxylic acids is 5. The molecule has 5 aliphatic heterocycles. The van der Waals surface area contributed by atoms with Gasteiger partial charge in [0.05, 0.1) is 48.8 Å². The summed E-state index contributed by atoms with van der Waals surface area (Å²) in [5.41, 5.74) is 20.2. The average Bonchev–Trinajstić information content (AvgIpc) is 1.53. The van der Waals surface area contributed by atoms with Crippen LogP contribution in [0.3, 0.4) is 0 Å². The first-order valence-corrected chi connectivity index (χ1v) is 50.1. The Bertz CT molecular complexity index is 7410. The van der Waals surface area contributed by atoms with Crippen molar-refractivity contribution in [2.75, 3.05) is 66.0 Å². The van der Waals surface area contributed by atoms with Crippen LogP contribution in [-0.2, 0) is 51.1 Å². The summed E-state index contributed by atoms with van der Waals surface area (Å²) < 4.78 is 39.8. The number of benzene rings is 11. The summed E-state index contributed by atoms with van der Waals surface area (Å²) in [5.74, 6) is 2.34. The van der Waals surface area contributed by atoms with Crippen molar-refractivity contribution < 1.29 is 67.0 Å². The number of fused-ring (bicyclic) bond motifs is 15. The van der Waals surface area contributed by atoms with E-state index in [-0.39, 0.29) is 79.1 Å². The van der Waals surface area contributed by atoms with Crippen LogP contribution in [0.4, 0.5) is 35.3 Å². The smallest absolute Gasteiger partial charge is 0.416 e. The lowest BCUT2D eigenvalue weighted by atomic mass is 9.92. The van der Waals surface area contributed by atoms with E-state index in [1.807, 2.05) is 190 Å². The molecule has 5 unspecified atom stereocenters. The van der Waals surface area contributed by atoms with Gasteiger partial charge in [-0.3, -0.25) is 44.7 Å². The third-order valence-electron chi connectivity index (χ3n) is 25.7. The van der Waals surface area contributed by atoms with Gasteiger partial charge in [0.15, 0.2) is 0 Å². The third kappa shape index (κ3) is 21.9. The summed E-state index contributed by atoms with van der Waals surface area (Å²) in [6.07, 6.45) is 1.29. The van der Waals surface area contributed by atoms with E-state index in [9.17, 15) is 44.2 Å². The number of hydrogen-bond donors (Lipinski definition) is 5. The maximum Gasteiger partial charge on any atom is 0.416 e. The minimum Gasteiger partial charge on any atom is -0.497 e. The van der Waals surface area contributed by atoms with Gasteiger partial charge in [-0.1, -0.05) is 133 Å². The Morgan fingerprint density at radius 2 is 0.643 bits per heavy atom. The van der Waals surface area contributed by atoms with Gasteiger partial charge in [-0.2, -0.15) is 0 Å². The number of alkyl halides is 1. The van der Waals surface area contributed by atoms with E-state index in [1.165, 1.54) is 41.0 Å². The molecule has 5 aromatic heterocycles. The highest BCUT2D eigenvalue weighted by Gasteiger charge is 2.43. The summed E-state index contributed by atoms with van der Waals surface area (Å²) in [5, 5.41) is 30.2. The van der Waals surface area contributed by atoms with Gasteiger partial charge >= 0.3 is 30.5 Å². The van der Waals surface area contributed by atoms with Gasteiger partial charge in [0.1, 0.15) is 54.1 Å². The number of nitro benzene ring substituents is 2. The predicted octanol–water partition coefficient (Wildman–Crippen LogP) is 27.4. The van der Waals surface area contributed by atoms with Gasteiger partial charge in [0.25, 0.3) is 11.4 Å². The largest absolute Gasteiger partial charge is 0.497 e. The zero-order chi connectivity index (χ0) is 101. The summed E-state index contributed by atoms with van der Waals surface area (Å²) in [4.78, 5) is 111. The molecule has 0 radical (unpaired) electrons. The summed E-state index contributed by atoms with van der Waals surface area (Å²) >= 11 is 37.6. The first kappa shape index (κ1) is 101. The number of non-ortho nitro benzene ring substituents is 2. The highest BCUT2D eigenvalue weighted by molar-refractivity contribution is 9.10. The number of hydrogen-bond acceptors (Lipinski definition) is 16. The molecule has 0 fully saturated rings. The lowest BCUT2D eigenvalue weighted by Crippen LogP contribution is -2.42. The Morgan fingerprint density at radius 3 is 0.944 bits per heavy atom. The van der Waals surface area contributed by atoms with Crippen molar-refractivity contribution in [2.45, 2.75) is 109 Å². The van der Waals surface area contributed by atoms with Gasteiger partial charge in [-0.05, 0) is 286 Å². The minimum atomic E-state index is -0.439. The van der Waals surface area contributed by atoms with Crippen molar-refractivity contribution in [3.63, 3.8) is 0 Å². The van der Waals surface area contributed by atoms with Crippen LogP contribution in [0, 0.1) is 20.2 Å². The van der Waals surface area contributed by atoms with E-state index in [0.717, 1.165) is 155 Å². The summed E-state index contributed by atoms with van der Waals surface area (Å²) in [6, 6.07) is 72.9. The van der Waals surface area contributed by atoms with Crippen molar-refractivity contribution in [3.8, 4) is 17.2 Å². The quantitative estimate of drug-likeness (QED) is 0.0275. The Hall–Kier alpha value is -13.7. The fraction of sp³-hybridized carbons (Fsp3) is 0.250. The Labute approximate surface area is 864 Å². The van der Waals surface area contributed by atoms with Crippen LogP contribution >= 0.6 is 89.9 Å². The van der Waals surface area contributed by atoms with Crippen LogP contribution in [-0.4, -0.2) is 168 Å². The molecule has 0 bridgehead atoms. The molecule has 5 amide bonds. The molecule has 28 nitrogen and oxygen atoms in total. The molecule has 16 aromatic rings.